The van der Waals surface area contributed by atoms with Gasteiger partial charge in [-0.25, -0.2) is 0 Å². The van der Waals surface area contributed by atoms with E-state index in [1.165, 1.54) is 0 Å². The number of anilines is 2. The Balaban J connectivity index is 2.17. The Kier molecular flexibility index (Phi) is 5.60. The molecule has 0 fully saturated rings. The molecule has 0 bridgehead atoms. The number of hydrogen-bond donors (Lipinski definition) is 1. The summed E-state index contributed by atoms with van der Waals surface area (Å²) in [4.78, 5) is 17.2. The highest BCUT2D eigenvalue weighted by Crippen LogP contribution is 2.36. The maximum Gasteiger partial charge on any atom is 0.166 e. The molecule has 0 unspecified atom stereocenters. The Labute approximate surface area is 159 Å². The topological polar surface area (TPSA) is 60.5 Å². The second kappa shape index (κ2) is 8.08. The standard InChI is InChI=1S/C22H24N2O3/c1-5-6-20(25)17-13-23-18-9-7-14(2)11-16(18)22(17)24-19-10-8-15(26-3)12-21(19)27-4/h7-13H,5-6H2,1-4H3,(H,23,24). The van der Waals surface area contributed by atoms with E-state index in [4.69, 9.17) is 9.47 Å². The number of pyridine rings is 1. The predicted molar refractivity (Wildman–Crippen MR) is 109 cm³/mol. The number of Topliss-reactive ketones (excluding diaryl/α,β-unsaturated/α-hetero) is 1. The van der Waals surface area contributed by atoms with Gasteiger partial charge in [-0.3, -0.25) is 9.78 Å². The van der Waals surface area contributed by atoms with Gasteiger partial charge < -0.3 is 14.8 Å². The molecule has 5 heteroatoms. The second-order valence-corrected chi connectivity index (χ2v) is 6.43. The van der Waals surface area contributed by atoms with Gasteiger partial charge in [-0.05, 0) is 37.6 Å². The number of fused-ring (bicyclic) bond motifs is 1. The number of aromatic nitrogens is 1. The minimum absolute atomic E-state index is 0.0726. The number of ketones is 1. The van der Waals surface area contributed by atoms with E-state index in [2.05, 4.69) is 10.3 Å². The largest absolute Gasteiger partial charge is 0.497 e. The fourth-order valence-corrected chi connectivity index (χ4v) is 3.05. The first-order chi connectivity index (χ1) is 13.1. The number of benzene rings is 2. The molecule has 0 spiro atoms. The smallest absolute Gasteiger partial charge is 0.166 e. The number of nitrogens with one attached hydrogen (secondary N) is 1. The number of hydrogen-bond acceptors (Lipinski definition) is 5. The molecule has 0 aliphatic rings. The lowest BCUT2D eigenvalue weighted by Gasteiger charge is -2.17. The van der Waals surface area contributed by atoms with Crippen LogP contribution in [0.1, 0.15) is 35.7 Å². The fraction of sp³-hybridized carbons (Fsp3) is 0.273. The van der Waals surface area contributed by atoms with Gasteiger partial charge in [0.25, 0.3) is 0 Å². The van der Waals surface area contributed by atoms with Gasteiger partial charge in [0, 0.05) is 24.1 Å². The molecule has 3 rings (SSSR count). The van der Waals surface area contributed by atoms with Crippen LogP contribution in [0.15, 0.2) is 42.6 Å². The zero-order chi connectivity index (χ0) is 19.4. The lowest BCUT2D eigenvalue weighted by molar-refractivity contribution is 0.0982. The average molecular weight is 364 g/mol. The molecule has 1 N–H and O–H groups in total. The van der Waals surface area contributed by atoms with E-state index in [1.807, 2.05) is 50.2 Å². The quantitative estimate of drug-likeness (QED) is 0.578. The van der Waals surface area contributed by atoms with Crippen LogP contribution in [0.5, 0.6) is 11.5 Å². The predicted octanol–water partition coefficient (Wildman–Crippen LogP) is 5.29. The zero-order valence-electron chi connectivity index (χ0n) is 16.1. The van der Waals surface area contributed by atoms with E-state index < -0.39 is 0 Å². The van der Waals surface area contributed by atoms with E-state index in [9.17, 15) is 4.79 Å². The highest BCUT2D eigenvalue weighted by atomic mass is 16.5. The number of rotatable bonds is 7. The summed E-state index contributed by atoms with van der Waals surface area (Å²) < 4.78 is 10.8. The van der Waals surface area contributed by atoms with Crippen molar-refractivity contribution in [2.75, 3.05) is 19.5 Å². The summed E-state index contributed by atoms with van der Waals surface area (Å²) >= 11 is 0. The summed E-state index contributed by atoms with van der Waals surface area (Å²) in [6.45, 7) is 4.02. The van der Waals surface area contributed by atoms with Crippen LogP contribution in [0.2, 0.25) is 0 Å². The van der Waals surface area contributed by atoms with Crippen molar-refractivity contribution in [2.45, 2.75) is 26.7 Å². The number of nitrogens with zero attached hydrogens (tertiary/aromatic N) is 1. The molecular weight excluding hydrogens is 340 g/mol. The molecule has 3 aromatic rings. The summed E-state index contributed by atoms with van der Waals surface area (Å²) in [5.74, 6) is 1.42. The normalized spacial score (nSPS) is 10.7. The van der Waals surface area contributed by atoms with Crippen LogP contribution in [0.3, 0.4) is 0 Å². The summed E-state index contributed by atoms with van der Waals surface area (Å²) in [5.41, 5.74) is 4.05. The molecule has 0 saturated carbocycles. The van der Waals surface area contributed by atoms with Gasteiger partial charge in [0.1, 0.15) is 11.5 Å². The van der Waals surface area contributed by atoms with Crippen LogP contribution in [0, 0.1) is 6.92 Å². The Morgan fingerprint density at radius 3 is 2.63 bits per heavy atom. The van der Waals surface area contributed by atoms with E-state index in [-0.39, 0.29) is 5.78 Å². The van der Waals surface area contributed by atoms with Gasteiger partial charge in [-0.15, -0.1) is 0 Å². The monoisotopic (exact) mass is 364 g/mol. The molecule has 0 saturated heterocycles. The van der Waals surface area contributed by atoms with Crippen LogP contribution in [0.4, 0.5) is 11.4 Å². The van der Waals surface area contributed by atoms with Crippen molar-refractivity contribution >= 4 is 28.1 Å². The molecule has 2 aromatic carbocycles. The van der Waals surface area contributed by atoms with Crippen molar-refractivity contribution in [1.29, 1.82) is 0 Å². The summed E-state index contributed by atoms with van der Waals surface area (Å²) in [6.07, 6.45) is 2.93. The zero-order valence-corrected chi connectivity index (χ0v) is 16.1. The molecule has 5 nitrogen and oxygen atoms in total. The highest BCUT2D eigenvalue weighted by Gasteiger charge is 2.17. The minimum Gasteiger partial charge on any atom is -0.497 e. The summed E-state index contributed by atoms with van der Waals surface area (Å²) in [7, 11) is 3.22. The first-order valence-corrected chi connectivity index (χ1v) is 8.99. The Bertz CT molecular complexity index is 983. The van der Waals surface area contributed by atoms with Gasteiger partial charge in [0.2, 0.25) is 0 Å². The molecule has 140 valence electrons. The van der Waals surface area contributed by atoms with Gasteiger partial charge >= 0.3 is 0 Å². The number of aryl methyl sites for hydroxylation is 1. The van der Waals surface area contributed by atoms with Gasteiger partial charge in [-0.2, -0.15) is 0 Å². The molecule has 0 radical (unpaired) electrons. The van der Waals surface area contributed by atoms with Crippen molar-refractivity contribution < 1.29 is 14.3 Å². The Morgan fingerprint density at radius 2 is 1.93 bits per heavy atom. The average Bonchev–Trinajstić information content (AvgIpc) is 2.68. The summed E-state index contributed by atoms with van der Waals surface area (Å²) in [6, 6.07) is 11.6. The SMILES string of the molecule is CCCC(=O)c1cnc2ccc(C)cc2c1Nc1ccc(OC)cc1OC. The number of ether oxygens (including phenoxy) is 2. The maximum absolute atomic E-state index is 12.7. The van der Waals surface area contributed by atoms with Crippen LogP contribution in [0.25, 0.3) is 10.9 Å². The molecule has 0 aliphatic heterocycles. The van der Waals surface area contributed by atoms with Gasteiger partial charge in [-0.1, -0.05) is 18.6 Å². The van der Waals surface area contributed by atoms with Crippen LogP contribution >= 0.6 is 0 Å². The molecule has 0 aliphatic carbocycles. The van der Waals surface area contributed by atoms with Crippen molar-refractivity contribution in [3.05, 3.63) is 53.7 Å². The van der Waals surface area contributed by atoms with Crippen LogP contribution < -0.4 is 14.8 Å². The van der Waals surface area contributed by atoms with E-state index in [0.717, 1.165) is 34.3 Å². The Hall–Kier alpha value is -3.08. The van der Waals surface area contributed by atoms with Crippen LogP contribution in [-0.2, 0) is 0 Å². The number of methoxy groups -OCH3 is 2. The van der Waals surface area contributed by atoms with E-state index in [1.54, 1.807) is 20.4 Å². The molecule has 1 aromatic heterocycles. The third kappa shape index (κ3) is 3.87. The van der Waals surface area contributed by atoms with Crippen molar-refractivity contribution in [3.8, 4) is 11.5 Å². The lowest BCUT2D eigenvalue weighted by Crippen LogP contribution is -2.06. The lowest BCUT2D eigenvalue weighted by atomic mass is 10.0. The van der Waals surface area contributed by atoms with Crippen LogP contribution in [-0.4, -0.2) is 25.0 Å². The third-order valence-electron chi connectivity index (χ3n) is 4.47. The first-order valence-electron chi connectivity index (χ1n) is 8.99. The molecule has 27 heavy (non-hydrogen) atoms. The fourth-order valence-electron chi connectivity index (χ4n) is 3.05. The first kappa shape index (κ1) is 18.7. The summed E-state index contributed by atoms with van der Waals surface area (Å²) in [5, 5.41) is 4.32. The molecule has 0 amide bonds. The van der Waals surface area contributed by atoms with Crippen molar-refractivity contribution in [1.82, 2.24) is 4.98 Å². The maximum atomic E-state index is 12.7. The molecule has 1 heterocycles. The second-order valence-electron chi connectivity index (χ2n) is 6.43. The minimum atomic E-state index is 0.0726. The molecule has 0 atom stereocenters. The highest BCUT2D eigenvalue weighted by molar-refractivity contribution is 6.09. The van der Waals surface area contributed by atoms with Crippen molar-refractivity contribution in [2.24, 2.45) is 0 Å². The number of carbonyl (C=O) groups excluding carboxylic acids is 1. The van der Waals surface area contributed by atoms with E-state index in [0.29, 0.717) is 23.5 Å². The molecular formula is C22H24N2O3. The Morgan fingerprint density at radius 1 is 1.11 bits per heavy atom. The van der Waals surface area contributed by atoms with E-state index >= 15 is 0 Å². The number of carbonyl (C=O) groups is 1. The van der Waals surface area contributed by atoms with Crippen molar-refractivity contribution in [3.63, 3.8) is 0 Å². The third-order valence-corrected chi connectivity index (χ3v) is 4.47. The van der Waals surface area contributed by atoms with Gasteiger partial charge in [0.15, 0.2) is 5.78 Å². The van der Waals surface area contributed by atoms with Gasteiger partial charge in [0.05, 0.1) is 36.7 Å².